The van der Waals surface area contributed by atoms with Gasteiger partial charge in [-0.15, -0.1) is 0 Å². The minimum absolute atomic E-state index is 0.0857. The molecule has 0 aliphatic carbocycles. The van der Waals surface area contributed by atoms with Crippen molar-refractivity contribution >= 4 is 45.0 Å². The Bertz CT molecular complexity index is 1480. The molecule has 2 aromatic carbocycles. The van der Waals surface area contributed by atoms with Crippen LogP contribution in [-0.4, -0.2) is 60.7 Å². The predicted molar refractivity (Wildman–Crippen MR) is 135 cm³/mol. The standard InChI is InChI=1S/C23H20ClN5O5S2/c24-16-3-1-2-15(12-16)21-19(13-25)22(31)28-23(27-21)35-14-20(30)26-17-4-6-18(7-5-17)36(32,33)29-8-10-34-11-9-29/h1-7,12H,8-11,14H2,(H,26,30)(H,27,28,31). The topological polar surface area (TPSA) is 145 Å². The molecule has 4 rings (SSSR count). The summed E-state index contributed by atoms with van der Waals surface area (Å²) in [5.74, 6) is -0.474. The van der Waals surface area contributed by atoms with Crippen molar-refractivity contribution < 1.29 is 17.9 Å². The second-order valence-corrected chi connectivity index (χ2v) is 10.9. The maximum atomic E-state index is 12.7. The Morgan fingerprint density at radius 1 is 1.22 bits per heavy atom. The van der Waals surface area contributed by atoms with E-state index in [4.69, 9.17) is 16.3 Å². The number of hydrogen-bond acceptors (Lipinski definition) is 8. The van der Waals surface area contributed by atoms with E-state index in [0.29, 0.717) is 42.6 Å². The van der Waals surface area contributed by atoms with E-state index >= 15 is 0 Å². The summed E-state index contributed by atoms with van der Waals surface area (Å²) in [7, 11) is -3.63. The van der Waals surface area contributed by atoms with Gasteiger partial charge in [0.1, 0.15) is 11.6 Å². The first-order valence-corrected chi connectivity index (χ1v) is 13.5. The van der Waals surface area contributed by atoms with Crippen LogP contribution in [-0.2, 0) is 19.6 Å². The highest BCUT2D eigenvalue weighted by Crippen LogP contribution is 2.25. The SMILES string of the molecule is N#Cc1c(-c2cccc(Cl)c2)nc(SCC(=O)Nc2ccc(S(=O)(=O)N3CCOCC3)cc2)[nH]c1=O. The Labute approximate surface area is 216 Å². The van der Waals surface area contributed by atoms with E-state index in [0.717, 1.165) is 11.8 Å². The van der Waals surface area contributed by atoms with Crippen molar-refractivity contribution in [3.8, 4) is 17.3 Å². The molecule has 3 aromatic rings. The Morgan fingerprint density at radius 3 is 2.61 bits per heavy atom. The summed E-state index contributed by atoms with van der Waals surface area (Å²) < 4.78 is 32.0. The van der Waals surface area contributed by atoms with Crippen LogP contribution in [0.5, 0.6) is 0 Å². The Morgan fingerprint density at radius 2 is 1.94 bits per heavy atom. The lowest BCUT2D eigenvalue weighted by atomic mass is 10.1. The summed E-state index contributed by atoms with van der Waals surface area (Å²) in [5.41, 5.74) is 0.315. The molecule has 1 fully saturated rings. The third-order valence-electron chi connectivity index (χ3n) is 5.19. The van der Waals surface area contributed by atoms with Crippen molar-refractivity contribution in [2.75, 3.05) is 37.4 Å². The molecule has 1 aromatic heterocycles. The molecule has 0 saturated carbocycles. The number of aromatic nitrogens is 2. The molecule has 2 N–H and O–H groups in total. The van der Waals surface area contributed by atoms with Gasteiger partial charge in [0.25, 0.3) is 5.56 Å². The first-order valence-electron chi connectivity index (χ1n) is 10.7. The van der Waals surface area contributed by atoms with Gasteiger partial charge in [0.2, 0.25) is 15.9 Å². The van der Waals surface area contributed by atoms with Crippen LogP contribution in [0.2, 0.25) is 5.02 Å². The number of rotatable bonds is 7. The van der Waals surface area contributed by atoms with E-state index < -0.39 is 15.6 Å². The number of thioether (sulfide) groups is 1. The zero-order valence-electron chi connectivity index (χ0n) is 18.7. The first kappa shape index (κ1) is 25.9. The molecule has 2 heterocycles. The number of nitriles is 1. The van der Waals surface area contributed by atoms with Crippen LogP contribution in [0.25, 0.3) is 11.3 Å². The maximum absolute atomic E-state index is 12.7. The molecule has 36 heavy (non-hydrogen) atoms. The van der Waals surface area contributed by atoms with Gasteiger partial charge in [0.15, 0.2) is 5.16 Å². The van der Waals surface area contributed by atoms with E-state index in [2.05, 4.69) is 15.3 Å². The number of benzene rings is 2. The van der Waals surface area contributed by atoms with Crippen molar-refractivity contribution in [3.05, 3.63) is 69.5 Å². The average molecular weight is 546 g/mol. The van der Waals surface area contributed by atoms with Crippen molar-refractivity contribution in [3.63, 3.8) is 0 Å². The summed E-state index contributed by atoms with van der Waals surface area (Å²) in [5, 5.41) is 12.7. The number of halogens is 1. The van der Waals surface area contributed by atoms with Gasteiger partial charge in [0, 0.05) is 29.4 Å². The molecule has 1 amide bonds. The monoisotopic (exact) mass is 545 g/mol. The van der Waals surface area contributed by atoms with E-state index in [1.807, 2.05) is 6.07 Å². The van der Waals surface area contributed by atoms with Gasteiger partial charge >= 0.3 is 0 Å². The number of amides is 1. The van der Waals surface area contributed by atoms with Gasteiger partial charge in [-0.3, -0.25) is 9.59 Å². The number of carbonyl (C=O) groups excluding carboxylic acids is 1. The highest BCUT2D eigenvalue weighted by atomic mass is 35.5. The summed E-state index contributed by atoms with van der Waals surface area (Å²) >= 11 is 7.01. The minimum atomic E-state index is -3.63. The molecule has 186 valence electrons. The normalized spacial score (nSPS) is 14.2. The van der Waals surface area contributed by atoms with Crippen LogP contribution in [0.3, 0.4) is 0 Å². The lowest BCUT2D eigenvalue weighted by Gasteiger charge is -2.26. The molecule has 0 unspecified atom stereocenters. The van der Waals surface area contributed by atoms with Crippen molar-refractivity contribution in [1.29, 1.82) is 5.26 Å². The Hall–Kier alpha value is -3.21. The zero-order valence-corrected chi connectivity index (χ0v) is 21.1. The highest BCUT2D eigenvalue weighted by molar-refractivity contribution is 7.99. The van der Waals surface area contributed by atoms with Crippen LogP contribution < -0.4 is 10.9 Å². The first-order chi connectivity index (χ1) is 17.3. The number of sulfonamides is 1. The number of H-pyrrole nitrogens is 1. The molecule has 1 saturated heterocycles. The second-order valence-electron chi connectivity index (χ2n) is 7.59. The smallest absolute Gasteiger partial charge is 0.270 e. The zero-order chi connectivity index (χ0) is 25.7. The van der Waals surface area contributed by atoms with Gasteiger partial charge in [-0.2, -0.15) is 9.57 Å². The summed E-state index contributed by atoms with van der Waals surface area (Å²) in [6, 6.07) is 14.4. The highest BCUT2D eigenvalue weighted by Gasteiger charge is 2.26. The Kier molecular flexibility index (Phi) is 8.07. The van der Waals surface area contributed by atoms with Crippen molar-refractivity contribution in [2.45, 2.75) is 10.1 Å². The number of nitrogens with one attached hydrogen (secondary N) is 2. The fraction of sp³-hybridized carbons (Fsp3) is 0.217. The van der Waals surface area contributed by atoms with Crippen LogP contribution in [0.1, 0.15) is 5.56 Å². The summed E-state index contributed by atoms with van der Waals surface area (Å²) in [6.07, 6.45) is 0. The predicted octanol–water partition coefficient (Wildman–Crippen LogP) is 2.71. The van der Waals surface area contributed by atoms with Crippen LogP contribution in [0.15, 0.2) is 63.4 Å². The molecular weight excluding hydrogens is 526 g/mol. The number of anilines is 1. The van der Waals surface area contributed by atoms with E-state index in [9.17, 15) is 23.3 Å². The largest absolute Gasteiger partial charge is 0.379 e. The molecule has 0 bridgehead atoms. The summed E-state index contributed by atoms with van der Waals surface area (Å²) in [6.45, 7) is 1.29. The van der Waals surface area contributed by atoms with Gasteiger partial charge in [0.05, 0.1) is 29.6 Å². The van der Waals surface area contributed by atoms with Crippen LogP contribution in [0.4, 0.5) is 5.69 Å². The number of ether oxygens (including phenoxy) is 1. The molecular formula is C23H20ClN5O5S2. The van der Waals surface area contributed by atoms with E-state index in [1.54, 1.807) is 24.3 Å². The van der Waals surface area contributed by atoms with Gasteiger partial charge in [-0.25, -0.2) is 13.4 Å². The summed E-state index contributed by atoms with van der Waals surface area (Å²) in [4.78, 5) is 31.8. The van der Waals surface area contributed by atoms with Crippen molar-refractivity contribution in [1.82, 2.24) is 14.3 Å². The number of aromatic amines is 1. The number of hydrogen-bond donors (Lipinski definition) is 2. The van der Waals surface area contributed by atoms with Crippen LogP contribution in [0, 0.1) is 11.3 Å². The molecule has 13 heteroatoms. The molecule has 1 aliphatic rings. The third kappa shape index (κ3) is 5.95. The van der Waals surface area contributed by atoms with E-state index in [-0.39, 0.29) is 33.0 Å². The van der Waals surface area contributed by atoms with E-state index in [1.165, 1.54) is 28.6 Å². The van der Waals surface area contributed by atoms with Gasteiger partial charge in [-0.1, -0.05) is 35.5 Å². The van der Waals surface area contributed by atoms with Crippen molar-refractivity contribution in [2.24, 2.45) is 0 Å². The maximum Gasteiger partial charge on any atom is 0.270 e. The molecule has 0 radical (unpaired) electrons. The molecule has 0 atom stereocenters. The number of nitrogens with zero attached hydrogens (tertiary/aromatic N) is 3. The average Bonchev–Trinajstić information content (AvgIpc) is 2.88. The quantitative estimate of drug-likeness (QED) is 0.340. The fourth-order valence-electron chi connectivity index (χ4n) is 3.45. The van der Waals surface area contributed by atoms with Crippen LogP contribution >= 0.6 is 23.4 Å². The second kappa shape index (κ2) is 11.2. The number of morpholine rings is 1. The fourth-order valence-corrected chi connectivity index (χ4v) is 5.71. The molecule has 0 spiro atoms. The third-order valence-corrected chi connectivity index (χ3v) is 8.21. The van der Waals surface area contributed by atoms with Gasteiger partial charge in [-0.05, 0) is 36.4 Å². The number of carbonyl (C=O) groups is 1. The van der Waals surface area contributed by atoms with Gasteiger partial charge < -0.3 is 15.0 Å². The Balaban J connectivity index is 1.42. The molecule has 1 aliphatic heterocycles. The lowest BCUT2D eigenvalue weighted by Crippen LogP contribution is -2.40. The molecule has 10 nitrogen and oxygen atoms in total. The lowest BCUT2D eigenvalue weighted by molar-refractivity contribution is -0.113. The minimum Gasteiger partial charge on any atom is -0.379 e.